The molecular formula is C18H14ClNO. The Morgan fingerprint density at radius 1 is 0.905 bits per heavy atom. The lowest BCUT2D eigenvalue weighted by Crippen LogP contribution is -2.14. The molecule has 0 heterocycles. The van der Waals surface area contributed by atoms with E-state index in [1.54, 1.807) is 12.1 Å². The van der Waals surface area contributed by atoms with Crippen molar-refractivity contribution in [2.24, 2.45) is 0 Å². The van der Waals surface area contributed by atoms with Crippen molar-refractivity contribution in [3.8, 4) is 0 Å². The van der Waals surface area contributed by atoms with Crippen molar-refractivity contribution in [2.45, 2.75) is 6.42 Å². The van der Waals surface area contributed by atoms with Gasteiger partial charge in [-0.1, -0.05) is 54.1 Å². The third kappa shape index (κ3) is 3.41. The molecule has 0 aliphatic heterocycles. The van der Waals surface area contributed by atoms with Crippen LogP contribution in [0.15, 0.2) is 66.7 Å². The summed E-state index contributed by atoms with van der Waals surface area (Å²) in [5.41, 5.74) is 1.75. The molecule has 3 heteroatoms. The number of anilines is 1. The van der Waals surface area contributed by atoms with Gasteiger partial charge in [-0.3, -0.25) is 4.79 Å². The number of hydrogen-bond donors (Lipinski definition) is 1. The van der Waals surface area contributed by atoms with E-state index in [4.69, 9.17) is 11.6 Å². The van der Waals surface area contributed by atoms with Gasteiger partial charge in [-0.15, -0.1) is 0 Å². The van der Waals surface area contributed by atoms with Crippen LogP contribution in [0, 0.1) is 0 Å². The summed E-state index contributed by atoms with van der Waals surface area (Å²) < 4.78 is 0. The molecule has 1 amide bonds. The van der Waals surface area contributed by atoms with Crippen LogP contribution in [0.3, 0.4) is 0 Å². The van der Waals surface area contributed by atoms with Gasteiger partial charge >= 0.3 is 0 Å². The van der Waals surface area contributed by atoms with Crippen LogP contribution >= 0.6 is 11.6 Å². The minimum Gasteiger partial charge on any atom is -0.326 e. The molecular weight excluding hydrogens is 282 g/mol. The molecule has 0 atom stereocenters. The third-order valence-corrected chi connectivity index (χ3v) is 3.56. The number of hydrogen-bond acceptors (Lipinski definition) is 1. The standard InChI is InChI=1S/C18H14ClNO/c19-16-8-5-13(6-9-16)11-18(21)20-17-10-7-14-3-1-2-4-15(14)12-17/h1-10,12H,11H2,(H,20,21). The van der Waals surface area contributed by atoms with Gasteiger partial charge in [0.05, 0.1) is 6.42 Å². The zero-order valence-corrected chi connectivity index (χ0v) is 12.1. The first kappa shape index (κ1) is 13.7. The molecule has 1 N–H and O–H groups in total. The highest BCUT2D eigenvalue weighted by molar-refractivity contribution is 6.30. The van der Waals surface area contributed by atoms with E-state index in [0.717, 1.165) is 22.0 Å². The maximum atomic E-state index is 12.1. The van der Waals surface area contributed by atoms with Gasteiger partial charge in [0.2, 0.25) is 5.91 Å². The number of carbonyl (C=O) groups is 1. The fourth-order valence-electron chi connectivity index (χ4n) is 2.26. The lowest BCUT2D eigenvalue weighted by atomic mass is 10.1. The van der Waals surface area contributed by atoms with Gasteiger partial charge in [0.25, 0.3) is 0 Å². The molecule has 0 saturated carbocycles. The summed E-state index contributed by atoms with van der Waals surface area (Å²) in [6.07, 6.45) is 0.337. The molecule has 0 radical (unpaired) electrons. The summed E-state index contributed by atoms with van der Waals surface area (Å²) in [5.74, 6) is -0.0346. The smallest absolute Gasteiger partial charge is 0.228 e. The van der Waals surface area contributed by atoms with Crippen LogP contribution in [0.1, 0.15) is 5.56 Å². The van der Waals surface area contributed by atoms with E-state index in [1.807, 2.05) is 48.5 Å². The molecule has 3 aromatic carbocycles. The summed E-state index contributed by atoms with van der Waals surface area (Å²) in [6.45, 7) is 0. The quantitative estimate of drug-likeness (QED) is 0.747. The molecule has 0 spiro atoms. The van der Waals surface area contributed by atoms with Crippen molar-refractivity contribution < 1.29 is 4.79 Å². The summed E-state index contributed by atoms with van der Waals surface area (Å²) in [6, 6.07) is 21.3. The van der Waals surface area contributed by atoms with Crippen molar-refractivity contribution in [3.63, 3.8) is 0 Å². The number of fused-ring (bicyclic) bond motifs is 1. The van der Waals surface area contributed by atoms with E-state index in [0.29, 0.717) is 11.4 Å². The lowest BCUT2D eigenvalue weighted by molar-refractivity contribution is -0.115. The number of amides is 1. The van der Waals surface area contributed by atoms with Crippen LogP contribution in [-0.2, 0) is 11.2 Å². The molecule has 3 rings (SSSR count). The first-order valence-corrected chi connectivity index (χ1v) is 7.11. The molecule has 0 fully saturated rings. The topological polar surface area (TPSA) is 29.1 Å². The van der Waals surface area contributed by atoms with Crippen LogP contribution in [0.25, 0.3) is 10.8 Å². The van der Waals surface area contributed by atoms with Crippen molar-refractivity contribution >= 4 is 34.0 Å². The number of nitrogens with one attached hydrogen (secondary N) is 1. The summed E-state index contributed by atoms with van der Waals surface area (Å²) in [7, 11) is 0. The van der Waals surface area contributed by atoms with Crippen molar-refractivity contribution in [1.29, 1.82) is 0 Å². The Bertz CT molecular complexity index is 781. The Morgan fingerprint density at radius 2 is 1.62 bits per heavy atom. The Hall–Kier alpha value is -2.32. The van der Waals surface area contributed by atoms with Crippen LogP contribution in [0.4, 0.5) is 5.69 Å². The molecule has 0 aromatic heterocycles. The fraction of sp³-hybridized carbons (Fsp3) is 0.0556. The van der Waals surface area contributed by atoms with Gasteiger partial charge in [-0.2, -0.15) is 0 Å². The van der Waals surface area contributed by atoms with Gasteiger partial charge in [0, 0.05) is 10.7 Å². The molecule has 0 aliphatic rings. The minimum atomic E-state index is -0.0346. The minimum absolute atomic E-state index is 0.0346. The maximum absolute atomic E-state index is 12.1. The molecule has 0 bridgehead atoms. The third-order valence-electron chi connectivity index (χ3n) is 3.31. The second-order valence-electron chi connectivity index (χ2n) is 4.91. The highest BCUT2D eigenvalue weighted by Crippen LogP contribution is 2.19. The Balaban J connectivity index is 1.72. The first-order chi connectivity index (χ1) is 10.2. The van der Waals surface area contributed by atoms with Crippen LogP contribution in [-0.4, -0.2) is 5.91 Å². The number of carbonyl (C=O) groups excluding carboxylic acids is 1. The molecule has 104 valence electrons. The van der Waals surface area contributed by atoms with E-state index in [9.17, 15) is 4.79 Å². The SMILES string of the molecule is O=C(Cc1ccc(Cl)cc1)Nc1ccc2ccccc2c1. The predicted molar refractivity (Wildman–Crippen MR) is 87.7 cm³/mol. The van der Waals surface area contributed by atoms with Crippen LogP contribution < -0.4 is 5.32 Å². The Kier molecular flexibility index (Phi) is 3.89. The highest BCUT2D eigenvalue weighted by atomic mass is 35.5. The van der Waals surface area contributed by atoms with E-state index in [2.05, 4.69) is 11.4 Å². The monoisotopic (exact) mass is 295 g/mol. The molecule has 0 aliphatic carbocycles. The second kappa shape index (κ2) is 5.98. The highest BCUT2D eigenvalue weighted by Gasteiger charge is 2.04. The predicted octanol–water partition coefficient (Wildman–Crippen LogP) is 4.67. The largest absolute Gasteiger partial charge is 0.326 e. The number of halogens is 1. The molecule has 0 saturated heterocycles. The van der Waals surface area contributed by atoms with Gasteiger partial charge in [0.1, 0.15) is 0 Å². The Morgan fingerprint density at radius 3 is 2.38 bits per heavy atom. The molecule has 3 aromatic rings. The second-order valence-corrected chi connectivity index (χ2v) is 5.35. The van der Waals surface area contributed by atoms with E-state index >= 15 is 0 Å². The molecule has 0 unspecified atom stereocenters. The normalized spacial score (nSPS) is 10.5. The van der Waals surface area contributed by atoms with E-state index in [1.165, 1.54) is 0 Å². The summed E-state index contributed by atoms with van der Waals surface area (Å²) in [5, 5.41) is 5.87. The van der Waals surface area contributed by atoms with Gasteiger partial charge in [0.15, 0.2) is 0 Å². The van der Waals surface area contributed by atoms with Crippen LogP contribution in [0.2, 0.25) is 5.02 Å². The Labute approximate surface area is 128 Å². The van der Waals surface area contributed by atoms with Crippen molar-refractivity contribution in [2.75, 3.05) is 5.32 Å². The van der Waals surface area contributed by atoms with Crippen molar-refractivity contribution in [3.05, 3.63) is 77.3 Å². The zero-order valence-electron chi connectivity index (χ0n) is 11.3. The molecule has 21 heavy (non-hydrogen) atoms. The number of benzene rings is 3. The average molecular weight is 296 g/mol. The fourth-order valence-corrected chi connectivity index (χ4v) is 2.39. The summed E-state index contributed by atoms with van der Waals surface area (Å²) >= 11 is 5.83. The van der Waals surface area contributed by atoms with Gasteiger partial charge in [-0.05, 0) is 40.6 Å². The maximum Gasteiger partial charge on any atom is 0.228 e. The zero-order chi connectivity index (χ0) is 14.7. The molecule has 2 nitrogen and oxygen atoms in total. The van der Waals surface area contributed by atoms with E-state index in [-0.39, 0.29) is 5.91 Å². The van der Waals surface area contributed by atoms with E-state index < -0.39 is 0 Å². The van der Waals surface area contributed by atoms with Gasteiger partial charge < -0.3 is 5.32 Å². The van der Waals surface area contributed by atoms with Crippen LogP contribution in [0.5, 0.6) is 0 Å². The summed E-state index contributed by atoms with van der Waals surface area (Å²) in [4.78, 5) is 12.1. The average Bonchev–Trinajstić information content (AvgIpc) is 2.49. The van der Waals surface area contributed by atoms with Crippen molar-refractivity contribution in [1.82, 2.24) is 0 Å². The van der Waals surface area contributed by atoms with Gasteiger partial charge in [-0.25, -0.2) is 0 Å². The lowest BCUT2D eigenvalue weighted by Gasteiger charge is -2.07. The first-order valence-electron chi connectivity index (χ1n) is 6.74. The number of rotatable bonds is 3.